The molecule has 8 nitrogen and oxygen atoms in total. The van der Waals surface area contributed by atoms with Gasteiger partial charge in [-0.25, -0.2) is 8.42 Å². The van der Waals surface area contributed by atoms with E-state index in [9.17, 15) is 18.0 Å². The molecule has 1 N–H and O–H groups in total. The van der Waals surface area contributed by atoms with Crippen LogP contribution in [-0.4, -0.2) is 51.9 Å². The predicted octanol–water partition coefficient (Wildman–Crippen LogP) is 3.67. The van der Waals surface area contributed by atoms with Gasteiger partial charge >= 0.3 is 0 Å². The number of ether oxygens (including phenoxy) is 1. The summed E-state index contributed by atoms with van der Waals surface area (Å²) in [5.74, 6) is -0.336. The van der Waals surface area contributed by atoms with Gasteiger partial charge in [-0.2, -0.15) is 0 Å². The van der Waals surface area contributed by atoms with Crippen molar-refractivity contribution in [3.8, 4) is 5.75 Å². The first-order chi connectivity index (χ1) is 17.6. The molecule has 3 aromatic rings. The number of nitrogens with zero attached hydrogens (tertiary/aromatic N) is 2. The highest BCUT2D eigenvalue weighted by molar-refractivity contribution is 7.92. The monoisotopic (exact) mass is 523 g/mol. The number of nitrogens with one attached hydrogen (secondary N) is 1. The Kier molecular flexibility index (Phi) is 8.94. The molecule has 3 rings (SSSR count). The van der Waals surface area contributed by atoms with Gasteiger partial charge in [0.05, 0.1) is 17.7 Å². The van der Waals surface area contributed by atoms with Crippen LogP contribution in [0.15, 0.2) is 77.7 Å². The maximum atomic E-state index is 13.8. The van der Waals surface area contributed by atoms with Crippen LogP contribution >= 0.6 is 0 Å². The Bertz CT molecular complexity index is 1340. The Labute approximate surface area is 218 Å². The second-order valence-electron chi connectivity index (χ2n) is 8.82. The molecule has 0 unspecified atom stereocenters. The summed E-state index contributed by atoms with van der Waals surface area (Å²) in [5, 5.41) is 2.58. The Balaban J connectivity index is 2.02. The van der Waals surface area contributed by atoms with Crippen molar-refractivity contribution in [3.05, 3.63) is 89.5 Å². The third kappa shape index (κ3) is 6.68. The molecular weight excluding hydrogens is 490 g/mol. The first-order valence-electron chi connectivity index (χ1n) is 11.9. The molecule has 0 spiro atoms. The fraction of sp³-hybridized carbons (Fsp3) is 0.286. The number of aryl methyl sites for hydroxylation is 2. The van der Waals surface area contributed by atoms with Crippen LogP contribution in [0.5, 0.6) is 5.75 Å². The van der Waals surface area contributed by atoms with E-state index in [2.05, 4.69) is 5.32 Å². The Hall–Kier alpha value is -3.85. The van der Waals surface area contributed by atoms with Crippen LogP contribution in [0.25, 0.3) is 0 Å². The topological polar surface area (TPSA) is 96.0 Å². The van der Waals surface area contributed by atoms with E-state index in [0.29, 0.717) is 11.4 Å². The minimum absolute atomic E-state index is 0.0197. The van der Waals surface area contributed by atoms with Crippen molar-refractivity contribution in [1.82, 2.24) is 10.2 Å². The number of methoxy groups -OCH3 is 1. The molecule has 0 saturated carbocycles. The predicted molar refractivity (Wildman–Crippen MR) is 144 cm³/mol. The molecule has 196 valence electrons. The number of likely N-dealkylation sites (N-methyl/N-ethyl adjacent to an activating group) is 1. The Morgan fingerprint density at radius 3 is 2.16 bits per heavy atom. The van der Waals surface area contributed by atoms with Gasteiger partial charge in [-0.3, -0.25) is 13.9 Å². The van der Waals surface area contributed by atoms with Gasteiger partial charge in [-0.1, -0.05) is 47.5 Å². The van der Waals surface area contributed by atoms with E-state index in [1.165, 1.54) is 31.2 Å². The van der Waals surface area contributed by atoms with E-state index in [4.69, 9.17) is 4.74 Å². The van der Waals surface area contributed by atoms with E-state index in [-0.39, 0.29) is 17.3 Å². The molecule has 0 heterocycles. The van der Waals surface area contributed by atoms with Crippen LogP contribution in [0.4, 0.5) is 5.69 Å². The smallest absolute Gasteiger partial charge is 0.264 e. The minimum Gasteiger partial charge on any atom is -0.497 e. The van der Waals surface area contributed by atoms with Gasteiger partial charge < -0.3 is 15.0 Å². The maximum absolute atomic E-state index is 13.8. The van der Waals surface area contributed by atoms with Crippen LogP contribution in [0.2, 0.25) is 0 Å². The van der Waals surface area contributed by atoms with Gasteiger partial charge in [-0.05, 0) is 62.7 Å². The van der Waals surface area contributed by atoms with Crippen molar-refractivity contribution < 1.29 is 22.7 Å². The first-order valence-corrected chi connectivity index (χ1v) is 13.3. The number of hydrogen-bond donors (Lipinski definition) is 1. The summed E-state index contributed by atoms with van der Waals surface area (Å²) in [5.41, 5.74) is 3.15. The molecule has 0 fully saturated rings. The Morgan fingerprint density at radius 1 is 0.946 bits per heavy atom. The standard InChI is InChI=1S/C28H33N3O5S/c1-20-9-11-24(12-10-20)31(37(34,35)26-15-13-25(36-5)14-16-26)19-27(32)30(22(3)28(33)29-4)18-23-8-6-7-21(2)17-23/h6-17,22H,18-19H2,1-5H3,(H,29,33)/t22-/m1/s1. The lowest BCUT2D eigenvalue weighted by molar-refractivity contribution is -0.139. The van der Waals surface area contributed by atoms with Gasteiger partial charge in [0.15, 0.2) is 0 Å². The largest absolute Gasteiger partial charge is 0.497 e. The fourth-order valence-corrected chi connectivity index (χ4v) is 5.33. The second-order valence-corrected chi connectivity index (χ2v) is 10.7. The molecular formula is C28H33N3O5S. The molecule has 0 saturated heterocycles. The number of carbonyl (C=O) groups excluding carboxylic acids is 2. The van der Waals surface area contributed by atoms with E-state index in [1.807, 2.05) is 38.1 Å². The van der Waals surface area contributed by atoms with E-state index in [1.54, 1.807) is 43.3 Å². The molecule has 0 aliphatic carbocycles. The third-order valence-corrected chi connectivity index (χ3v) is 7.89. The van der Waals surface area contributed by atoms with Gasteiger partial charge in [0, 0.05) is 13.6 Å². The van der Waals surface area contributed by atoms with Crippen molar-refractivity contribution in [2.45, 2.75) is 38.3 Å². The summed E-state index contributed by atoms with van der Waals surface area (Å²) in [4.78, 5) is 27.7. The third-order valence-electron chi connectivity index (χ3n) is 6.10. The van der Waals surface area contributed by atoms with Crippen molar-refractivity contribution in [1.29, 1.82) is 0 Å². The molecule has 1 atom stereocenters. The lowest BCUT2D eigenvalue weighted by Gasteiger charge is -2.32. The quantitative estimate of drug-likeness (QED) is 0.438. The van der Waals surface area contributed by atoms with Gasteiger partial charge in [0.25, 0.3) is 10.0 Å². The van der Waals surface area contributed by atoms with Crippen LogP contribution < -0.4 is 14.4 Å². The summed E-state index contributed by atoms with van der Waals surface area (Å²) in [7, 11) is -1.12. The SMILES string of the molecule is CNC(=O)[C@@H](C)N(Cc1cccc(C)c1)C(=O)CN(c1ccc(C)cc1)S(=O)(=O)c1ccc(OC)cc1. The van der Waals surface area contributed by atoms with Gasteiger partial charge in [0.2, 0.25) is 11.8 Å². The number of carbonyl (C=O) groups is 2. The lowest BCUT2D eigenvalue weighted by atomic mass is 10.1. The molecule has 0 aliphatic heterocycles. The fourth-order valence-electron chi connectivity index (χ4n) is 3.91. The van der Waals surface area contributed by atoms with Crippen LogP contribution in [0, 0.1) is 13.8 Å². The van der Waals surface area contributed by atoms with Crippen molar-refractivity contribution in [3.63, 3.8) is 0 Å². The number of anilines is 1. The zero-order valence-electron chi connectivity index (χ0n) is 21.8. The normalized spacial score (nSPS) is 11.9. The average molecular weight is 524 g/mol. The number of hydrogen-bond acceptors (Lipinski definition) is 5. The average Bonchev–Trinajstić information content (AvgIpc) is 2.90. The molecule has 0 bridgehead atoms. The van der Waals surface area contributed by atoms with Crippen LogP contribution in [0.1, 0.15) is 23.6 Å². The number of amides is 2. The van der Waals surface area contributed by atoms with Crippen molar-refractivity contribution >= 4 is 27.5 Å². The highest BCUT2D eigenvalue weighted by Crippen LogP contribution is 2.26. The number of rotatable bonds is 10. The minimum atomic E-state index is -4.12. The van der Waals surface area contributed by atoms with Crippen LogP contribution in [0.3, 0.4) is 0 Å². The highest BCUT2D eigenvalue weighted by atomic mass is 32.2. The molecule has 9 heteroatoms. The molecule has 0 aromatic heterocycles. The van der Waals surface area contributed by atoms with E-state index < -0.39 is 28.5 Å². The molecule has 0 aliphatic rings. The van der Waals surface area contributed by atoms with Gasteiger partial charge in [0.1, 0.15) is 18.3 Å². The zero-order valence-corrected chi connectivity index (χ0v) is 22.6. The molecule has 2 amide bonds. The number of benzene rings is 3. The van der Waals surface area contributed by atoms with Crippen molar-refractivity contribution in [2.75, 3.05) is 25.0 Å². The van der Waals surface area contributed by atoms with Crippen LogP contribution in [-0.2, 0) is 26.2 Å². The molecule has 0 radical (unpaired) electrons. The van der Waals surface area contributed by atoms with Gasteiger partial charge in [-0.15, -0.1) is 0 Å². The summed E-state index contributed by atoms with van der Waals surface area (Å²) in [6.07, 6.45) is 0. The van der Waals surface area contributed by atoms with E-state index >= 15 is 0 Å². The zero-order chi connectivity index (χ0) is 27.2. The van der Waals surface area contributed by atoms with E-state index in [0.717, 1.165) is 21.0 Å². The lowest BCUT2D eigenvalue weighted by Crippen LogP contribution is -2.50. The second kappa shape index (κ2) is 11.9. The Morgan fingerprint density at radius 2 is 1.59 bits per heavy atom. The number of sulfonamides is 1. The highest BCUT2D eigenvalue weighted by Gasteiger charge is 2.32. The summed E-state index contributed by atoms with van der Waals surface area (Å²) < 4.78 is 33.8. The summed E-state index contributed by atoms with van der Waals surface area (Å²) in [6, 6.07) is 19.7. The first kappa shape index (κ1) is 27.7. The summed E-state index contributed by atoms with van der Waals surface area (Å²) >= 11 is 0. The molecule has 3 aromatic carbocycles. The summed E-state index contributed by atoms with van der Waals surface area (Å²) in [6.45, 7) is 5.13. The van der Waals surface area contributed by atoms with Crippen molar-refractivity contribution in [2.24, 2.45) is 0 Å². The maximum Gasteiger partial charge on any atom is 0.264 e. The molecule has 37 heavy (non-hydrogen) atoms.